The number of rotatable bonds is 3. The van der Waals surface area contributed by atoms with Crippen LogP contribution in [0.2, 0.25) is 5.02 Å². The lowest BCUT2D eigenvalue weighted by Gasteiger charge is -2.34. The Morgan fingerprint density at radius 1 is 1.38 bits per heavy atom. The molecule has 0 bridgehead atoms. The van der Waals surface area contributed by atoms with Crippen molar-refractivity contribution < 1.29 is 9.53 Å². The Morgan fingerprint density at radius 3 is 2.95 bits per heavy atom. The van der Waals surface area contributed by atoms with Gasteiger partial charge in [-0.15, -0.1) is 11.3 Å². The molecule has 2 heterocycles. The van der Waals surface area contributed by atoms with Crippen molar-refractivity contribution in [3.63, 3.8) is 0 Å². The smallest absolute Gasteiger partial charge is 0.304 e. The van der Waals surface area contributed by atoms with Gasteiger partial charge in [-0.2, -0.15) is 0 Å². The van der Waals surface area contributed by atoms with Crippen molar-refractivity contribution in [2.75, 3.05) is 6.54 Å². The van der Waals surface area contributed by atoms with E-state index in [4.69, 9.17) is 16.3 Å². The Labute approximate surface area is 133 Å². The molecule has 3 rings (SSSR count). The third-order valence-electron chi connectivity index (χ3n) is 3.62. The maximum absolute atomic E-state index is 11.5. The molecule has 0 saturated carbocycles. The zero-order chi connectivity index (χ0) is 14.8. The van der Waals surface area contributed by atoms with Gasteiger partial charge in [-0.05, 0) is 29.5 Å². The van der Waals surface area contributed by atoms with Crippen molar-refractivity contribution in [3.05, 3.63) is 56.7 Å². The van der Waals surface area contributed by atoms with E-state index in [0.717, 1.165) is 25.1 Å². The molecule has 1 aliphatic rings. The van der Waals surface area contributed by atoms with Gasteiger partial charge in [0.1, 0.15) is 0 Å². The first-order valence-corrected chi connectivity index (χ1v) is 8.12. The number of benzene rings is 1. The first kappa shape index (κ1) is 14.6. The van der Waals surface area contributed by atoms with Gasteiger partial charge in [0, 0.05) is 35.5 Å². The molecule has 1 aliphatic heterocycles. The topological polar surface area (TPSA) is 29.5 Å². The number of ether oxygens (including phenoxy) is 1. The molecule has 2 aromatic rings. The van der Waals surface area contributed by atoms with Crippen LogP contribution < -0.4 is 0 Å². The average Bonchev–Trinajstić information content (AvgIpc) is 2.93. The van der Waals surface area contributed by atoms with E-state index >= 15 is 0 Å². The second-order valence-electron chi connectivity index (χ2n) is 5.07. The van der Waals surface area contributed by atoms with Gasteiger partial charge in [-0.1, -0.05) is 29.8 Å². The number of hydrogen-bond acceptors (Lipinski definition) is 4. The summed E-state index contributed by atoms with van der Waals surface area (Å²) in [5, 5.41) is 2.74. The SMILES string of the molecule is CC(=O)OC(c1ccccc1Cl)N1CCc2sccc2C1. The summed E-state index contributed by atoms with van der Waals surface area (Å²) in [6, 6.07) is 9.68. The second kappa shape index (κ2) is 6.18. The van der Waals surface area contributed by atoms with Crippen LogP contribution in [0.15, 0.2) is 35.7 Å². The Kier molecular flexibility index (Phi) is 4.29. The minimum absolute atomic E-state index is 0.295. The van der Waals surface area contributed by atoms with Crippen molar-refractivity contribution >= 4 is 28.9 Å². The van der Waals surface area contributed by atoms with Gasteiger partial charge in [0.15, 0.2) is 6.23 Å². The number of esters is 1. The molecule has 0 radical (unpaired) electrons. The van der Waals surface area contributed by atoms with E-state index in [1.807, 2.05) is 24.3 Å². The van der Waals surface area contributed by atoms with E-state index in [2.05, 4.69) is 16.3 Å². The van der Waals surface area contributed by atoms with Crippen LogP contribution in [0.3, 0.4) is 0 Å². The number of thiophene rings is 1. The maximum Gasteiger partial charge on any atom is 0.304 e. The minimum atomic E-state index is -0.427. The van der Waals surface area contributed by atoms with E-state index in [0.29, 0.717) is 5.02 Å². The van der Waals surface area contributed by atoms with Gasteiger partial charge in [-0.3, -0.25) is 9.69 Å². The highest BCUT2D eigenvalue weighted by Crippen LogP contribution is 2.33. The van der Waals surface area contributed by atoms with Gasteiger partial charge in [0.2, 0.25) is 0 Å². The lowest BCUT2D eigenvalue weighted by atomic mass is 10.1. The van der Waals surface area contributed by atoms with Crippen LogP contribution in [0.1, 0.15) is 29.2 Å². The number of carbonyl (C=O) groups excluding carboxylic acids is 1. The maximum atomic E-state index is 11.5. The number of nitrogens with zero attached hydrogens (tertiary/aromatic N) is 1. The predicted octanol–water partition coefficient (Wildman–Crippen LogP) is 4.02. The Balaban J connectivity index is 1.90. The quantitative estimate of drug-likeness (QED) is 0.800. The molecule has 0 saturated heterocycles. The molecular weight excluding hydrogens is 306 g/mol. The van der Waals surface area contributed by atoms with Crippen LogP contribution in [-0.4, -0.2) is 17.4 Å². The first-order valence-electron chi connectivity index (χ1n) is 6.86. The Morgan fingerprint density at radius 2 is 2.19 bits per heavy atom. The molecule has 5 heteroatoms. The summed E-state index contributed by atoms with van der Waals surface area (Å²) in [4.78, 5) is 15.1. The van der Waals surface area contributed by atoms with Gasteiger partial charge in [0.25, 0.3) is 0 Å². The monoisotopic (exact) mass is 321 g/mol. The largest absolute Gasteiger partial charge is 0.442 e. The molecule has 1 aromatic heterocycles. The average molecular weight is 322 g/mol. The summed E-state index contributed by atoms with van der Waals surface area (Å²) in [5.74, 6) is -0.295. The van der Waals surface area contributed by atoms with Crippen LogP contribution in [0, 0.1) is 0 Å². The van der Waals surface area contributed by atoms with E-state index in [9.17, 15) is 4.79 Å². The van der Waals surface area contributed by atoms with Gasteiger partial charge < -0.3 is 4.74 Å². The third kappa shape index (κ3) is 3.12. The molecule has 1 aromatic carbocycles. The highest BCUT2D eigenvalue weighted by atomic mass is 35.5. The van der Waals surface area contributed by atoms with Crippen molar-refractivity contribution in [1.29, 1.82) is 0 Å². The lowest BCUT2D eigenvalue weighted by molar-refractivity contribution is -0.158. The van der Waals surface area contributed by atoms with E-state index in [1.165, 1.54) is 17.4 Å². The summed E-state index contributed by atoms with van der Waals surface area (Å²) < 4.78 is 5.55. The second-order valence-corrected chi connectivity index (χ2v) is 6.48. The summed E-state index contributed by atoms with van der Waals surface area (Å²) in [6.07, 6.45) is 0.555. The molecule has 1 atom stereocenters. The summed E-state index contributed by atoms with van der Waals surface area (Å²) in [6.45, 7) is 3.07. The highest BCUT2D eigenvalue weighted by molar-refractivity contribution is 7.10. The van der Waals surface area contributed by atoms with Crippen molar-refractivity contribution in [3.8, 4) is 0 Å². The molecule has 3 nitrogen and oxygen atoms in total. The number of fused-ring (bicyclic) bond motifs is 1. The molecule has 0 aliphatic carbocycles. The van der Waals surface area contributed by atoms with Crippen LogP contribution >= 0.6 is 22.9 Å². The zero-order valence-electron chi connectivity index (χ0n) is 11.7. The van der Waals surface area contributed by atoms with E-state index < -0.39 is 6.23 Å². The molecule has 1 unspecified atom stereocenters. The number of hydrogen-bond donors (Lipinski definition) is 0. The molecule has 0 fully saturated rings. The predicted molar refractivity (Wildman–Crippen MR) is 84.4 cm³/mol. The molecule has 21 heavy (non-hydrogen) atoms. The van der Waals surface area contributed by atoms with Crippen LogP contribution in [0.25, 0.3) is 0 Å². The Bertz CT molecular complexity index is 655. The lowest BCUT2D eigenvalue weighted by Crippen LogP contribution is -2.35. The van der Waals surface area contributed by atoms with Crippen molar-refractivity contribution in [2.45, 2.75) is 26.1 Å². The summed E-state index contributed by atoms with van der Waals surface area (Å²) in [7, 11) is 0. The van der Waals surface area contributed by atoms with Gasteiger partial charge in [-0.25, -0.2) is 0 Å². The minimum Gasteiger partial charge on any atom is -0.442 e. The fourth-order valence-corrected chi connectivity index (χ4v) is 3.76. The normalized spacial score (nSPS) is 16.3. The summed E-state index contributed by atoms with van der Waals surface area (Å²) >= 11 is 8.08. The molecule has 0 spiro atoms. The van der Waals surface area contributed by atoms with Gasteiger partial charge in [0.05, 0.1) is 0 Å². The molecular formula is C16H16ClNO2S. The number of halogens is 1. The summed E-state index contributed by atoms with van der Waals surface area (Å²) in [5.41, 5.74) is 2.16. The zero-order valence-corrected chi connectivity index (χ0v) is 13.3. The number of carbonyl (C=O) groups is 1. The van der Waals surface area contributed by atoms with Crippen molar-refractivity contribution in [1.82, 2.24) is 4.90 Å². The standard InChI is InChI=1S/C16H16ClNO2S/c1-11(19)20-16(13-4-2-3-5-14(13)17)18-8-6-15-12(10-18)7-9-21-15/h2-5,7,9,16H,6,8,10H2,1H3. The van der Waals surface area contributed by atoms with Gasteiger partial charge >= 0.3 is 5.97 Å². The van der Waals surface area contributed by atoms with Crippen LogP contribution in [-0.2, 0) is 22.5 Å². The molecule has 0 amide bonds. The molecule has 0 N–H and O–H groups in total. The highest BCUT2D eigenvalue weighted by Gasteiger charge is 2.28. The fourth-order valence-electron chi connectivity index (χ4n) is 2.64. The van der Waals surface area contributed by atoms with E-state index in [1.54, 1.807) is 11.3 Å². The van der Waals surface area contributed by atoms with Crippen LogP contribution in [0.5, 0.6) is 0 Å². The van der Waals surface area contributed by atoms with Crippen molar-refractivity contribution in [2.24, 2.45) is 0 Å². The first-order chi connectivity index (χ1) is 10.1. The Hall–Kier alpha value is -1.36. The third-order valence-corrected chi connectivity index (χ3v) is 4.98. The van der Waals surface area contributed by atoms with Crippen LogP contribution in [0.4, 0.5) is 0 Å². The molecule has 110 valence electrons. The van der Waals surface area contributed by atoms with E-state index in [-0.39, 0.29) is 5.97 Å². The fraction of sp³-hybridized carbons (Fsp3) is 0.312.